The third kappa shape index (κ3) is 6.50. The number of likely N-dealkylation sites (tertiary alicyclic amines) is 1. The number of amides is 3. The molecule has 4 aliphatic rings. The molecule has 0 unspecified atom stereocenters. The number of hydrogen-bond acceptors (Lipinski definition) is 8. The molecule has 5 rings (SSSR count). The predicted molar refractivity (Wildman–Crippen MR) is 169 cm³/mol. The number of aliphatic hydroxyl groups is 1. The van der Waals surface area contributed by atoms with Crippen LogP contribution in [-0.4, -0.2) is 101 Å². The van der Waals surface area contributed by atoms with Gasteiger partial charge in [-0.1, -0.05) is 54.6 Å². The molecule has 11 heteroatoms. The van der Waals surface area contributed by atoms with Gasteiger partial charge in [0.25, 0.3) is 0 Å². The fourth-order valence-electron chi connectivity index (χ4n) is 7.27. The van der Waals surface area contributed by atoms with Gasteiger partial charge in [0.15, 0.2) is 0 Å². The second-order valence-electron chi connectivity index (χ2n) is 13.5. The molecule has 0 radical (unpaired) electrons. The maximum atomic E-state index is 14.6. The minimum atomic E-state index is -1.33. The number of methoxy groups -OCH3 is 1. The number of nitrogens with one attached hydrogen (secondary N) is 1. The molecule has 2 fully saturated rings. The molecule has 1 spiro atoms. The van der Waals surface area contributed by atoms with Crippen LogP contribution in [0.5, 0.6) is 0 Å². The number of carbonyl (C=O) groups excluding carboxylic acids is 4. The van der Waals surface area contributed by atoms with Gasteiger partial charge >= 0.3 is 5.97 Å². The first-order valence-electron chi connectivity index (χ1n) is 16.3. The number of nitrogens with zero attached hydrogens (tertiary/aromatic N) is 2. The van der Waals surface area contributed by atoms with Crippen LogP contribution in [0, 0.1) is 11.8 Å². The zero-order valence-electron chi connectivity index (χ0n) is 27.2. The Hall–Kier alpha value is -3.54. The van der Waals surface area contributed by atoms with Gasteiger partial charge in [0.1, 0.15) is 23.7 Å². The summed E-state index contributed by atoms with van der Waals surface area (Å²) in [7, 11) is 1.52. The van der Waals surface area contributed by atoms with E-state index in [9.17, 15) is 24.3 Å². The van der Waals surface area contributed by atoms with Gasteiger partial charge in [0.2, 0.25) is 17.7 Å². The number of rotatable bonds is 8. The number of hydrogen-bond donors (Lipinski definition) is 2. The standard InChI is InChI=1S/C35H47N3O8/c1-34(2,3)38-20-12-6-10-16-26(40)36-24(22-44-4)29(23-14-8-5-9-15-23)45-33(43)27-25-17-18-35(46-25)28(27)31(41)37(30(35)32(38)42)19-11-7-13-21-39/h5-6,8-9,12,14-15,17-18,24-25,27-30,39H,7,10-11,13,16,19-22H2,1-4H3,(H,36,40)/b12-6-/t24-,25+,27-,28-,29-,30+,35-/m1/s1. The summed E-state index contributed by atoms with van der Waals surface area (Å²) in [5.74, 6) is -3.39. The molecular formula is C35H47N3O8. The highest BCUT2D eigenvalue weighted by Gasteiger charge is 2.73. The van der Waals surface area contributed by atoms with Crippen LogP contribution in [0.4, 0.5) is 0 Å². The quantitative estimate of drug-likeness (QED) is 0.253. The van der Waals surface area contributed by atoms with E-state index in [1.165, 1.54) is 7.11 Å². The van der Waals surface area contributed by atoms with E-state index >= 15 is 0 Å². The van der Waals surface area contributed by atoms with Gasteiger partial charge in [-0.2, -0.15) is 0 Å². The summed E-state index contributed by atoms with van der Waals surface area (Å²) in [5.41, 5.74) is -1.26. The lowest BCUT2D eigenvalue weighted by Gasteiger charge is -2.41. The second kappa shape index (κ2) is 14.1. The molecule has 1 aromatic carbocycles. The Balaban J connectivity index is 1.58. The zero-order chi connectivity index (χ0) is 33.1. The van der Waals surface area contributed by atoms with Crippen molar-refractivity contribution in [3.05, 3.63) is 60.2 Å². The topological polar surface area (TPSA) is 135 Å². The zero-order valence-corrected chi connectivity index (χ0v) is 27.2. The maximum absolute atomic E-state index is 14.6. The van der Waals surface area contributed by atoms with Gasteiger partial charge in [0, 0.05) is 38.8 Å². The fourth-order valence-corrected chi connectivity index (χ4v) is 7.27. The largest absolute Gasteiger partial charge is 0.455 e. The Bertz CT molecular complexity index is 1340. The van der Waals surface area contributed by atoms with E-state index in [4.69, 9.17) is 14.2 Å². The summed E-state index contributed by atoms with van der Waals surface area (Å²) < 4.78 is 18.3. The molecule has 1 aromatic rings. The summed E-state index contributed by atoms with van der Waals surface area (Å²) in [6.07, 6.45) is 8.17. The van der Waals surface area contributed by atoms with Gasteiger partial charge in [0.05, 0.1) is 24.7 Å². The van der Waals surface area contributed by atoms with Gasteiger partial charge in [-0.25, -0.2) is 0 Å². The van der Waals surface area contributed by atoms with Crippen molar-refractivity contribution in [1.29, 1.82) is 0 Å². The van der Waals surface area contributed by atoms with Crippen molar-refractivity contribution in [3.63, 3.8) is 0 Å². The fraction of sp³-hybridized carbons (Fsp3) is 0.600. The normalized spacial score (nSPS) is 32.5. The van der Waals surface area contributed by atoms with Crippen LogP contribution >= 0.6 is 0 Å². The molecule has 5 bridgehead atoms. The molecule has 250 valence electrons. The number of allylic oxidation sites excluding steroid dienone is 1. The van der Waals surface area contributed by atoms with E-state index in [0.717, 1.165) is 0 Å². The van der Waals surface area contributed by atoms with Crippen molar-refractivity contribution in [2.45, 2.75) is 88.3 Å². The van der Waals surface area contributed by atoms with E-state index < -0.39 is 53.2 Å². The van der Waals surface area contributed by atoms with Gasteiger partial charge in [-0.3, -0.25) is 19.2 Å². The van der Waals surface area contributed by atoms with E-state index in [-0.39, 0.29) is 43.9 Å². The first-order chi connectivity index (χ1) is 22.0. The van der Waals surface area contributed by atoms with Crippen LogP contribution in [0.25, 0.3) is 0 Å². The highest BCUT2D eigenvalue weighted by molar-refractivity contribution is 5.99. The Kier molecular flexibility index (Phi) is 10.3. The van der Waals surface area contributed by atoms with Crippen molar-refractivity contribution < 1.29 is 38.5 Å². The number of aliphatic hydroxyl groups excluding tert-OH is 1. The second-order valence-corrected chi connectivity index (χ2v) is 13.5. The Labute approximate surface area is 270 Å². The third-order valence-electron chi connectivity index (χ3n) is 9.43. The van der Waals surface area contributed by atoms with Crippen LogP contribution in [0.2, 0.25) is 0 Å². The molecular weight excluding hydrogens is 590 g/mol. The summed E-state index contributed by atoms with van der Waals surface area (Å²) in [5, 5.41) is 12.3. The van der Waals surface area contributed by atoms with Gasteiger partial charge in [-0.05, 0) is 52.0 Å². The van der Waals surface area contributed by atoms with Crippen molar-refractivity contribution in [3.8, 4) is 0 Å². The van der Waals surface area contributed by atoms with Crippen molar-refractivity contribution in [1.82, 2.24) is 15.1 Å². The highest BCUT2D eigenvalue weighted by atomic mass is 16.6. The lowest BCUT2D eigenvalue weighted by atomic mass is 9.74. The first kappa shape index (κ1) is 33.8. The summed E-state index contributed by atoms with van der Waals surface area (Å²) in [6, 6.07) is 7.47. The smallest absolute Gasteiger partial charge is 0.313 e. The number of benzene rings is 1. The first-order valence-corrected chi connectivity index (χ1v) is 16.3. The molecule has 4 aliphatic heterocycles. The molecule has 2 saturated heterocycles. The van der Waals surface area contributed by atoms with E-state index in [1.807, 2.05) is 63.3 Å². The number of carbonyl (C=O) groups is 4. The molecule has 7 atom stereocenters. The van der Waals surface area contributed by atoms with Crippen molar-refractivity contribution in [2.24, 2.45) is 11.8 Å². The SMILES string of the molecule is COC[C@H]1NC(=O)CC/C=C\CN(C(C)(C)C)C(=O)[C@@H]2N(CCCCCO)C(=O)[C@H]3[C@H](C(=O)O[C@@H]1c1ccccc1)[C@@H]1C=C[C@]23O1. The minimum Gasteiger partial charge on any atom is -0.455 e. The molecule has 0 saturated carbocycles. The van der Waals surface area contributed by atoms with Crippen LogP contribution < -0.4 is 5.32 Å². The van der Waals surface area contributed by atoms with Gasteiger partial charge in [-0.15, -0.1) is 0 Å². The maximum Gasteiger partial charge on any atom is 0.313 e. The lowest BCUT2D eigenvalue weighted by molar-refractivity contribution is -0.162. The lowest BCUT2D eigenvalue weighted by Crippen LogP contribution is -2.59. The summed E-state index contributed by atoms with van der Waals surface area (Å²) >= 11 is 0. The average Bonchev–Trinajstić information content (AvgIpc) is 3.66. The van der Waals surface area contributed by atoms with Crippen molar-refractivity contribution in [2.75, 3.05) is 33.4 Å². The van der Waals surface area contributed by atoms with E-state index in [2.05, 4.69) is 5.32 Å². The van der Waals surface area contributed by atoms with Gasteiger partial charge < -0.3 is 34.4 Å². The summed E-state index contributed by atoms with van der Waals surface area (Å²) in [4.78, 5) is 59.7. The van der Waals surface area contributed by atoms with Crippen LogP contribution in [0.15, 0.2) is 54.6 Å². The molecule has 4 heterocycles. The Morgan fingerprint density at radius 3 is 2.50 bits per heavy atom. The van der Waals surface area contributed by atoms with E-state index in [0.29, 0.717) is 37.8 Å². The predicted octanol–water partition coefficient (Wildman–Crippen LogP) is 2.69. The average molecular weight is 638 g/mol. The number of esters is 1. The molecule has 0 aliphatic carbocycles. The highest BCUT2D eigenvalue weighted by Crippen LogP contribution is 2.56. The third-order valence-corrected chi connectivity index (χ3v) is 9.43. The van der Waals surface area contributed by atoms with Crippen LogP contribution in [0.3, 0.4) is 0 Å². The van der Waals surface area contributed by atoms with Crippen LogP contribution in [-0.2, 0) is 33.4 Å². The number of fused-ring (bicyclic) bond motifs is 2. The molecule has 2 N–H and O–H groups in total. The number of unbranched alkanes of at least 4 members (excludes halogenated alkanes) is 2. The minimum absolute atomic E-state index is 0.0432. The van der Waals surface area contributed by atoms with Crippen LogP contribution in [0.1, 0.15) is 64.5 Å². The monoisotopic (exact) mass is 637 g/mol. The number of ether oxygens (including phenoxy) is 3. The molecule has 0 aromatic heterocycles. The number of cyclic esters (lactones) is 1. The summed E-state index contributed by atoms with van der Waals surface area (Å²) in [6.45, 7) is 6.51. The Morgan fingerprint density at radius 1 is 1.04 bits per heavy atom. The molecule has 46 heavy (non-hydrogen) atoms. The molecule has 11 nitrogen and oxygen atoms in total. The Morgan fingerprint density at radius 2 is 1.80 bits per heavy atom. The molecule has 3 amide bonds. The van der Waals surface area contributed by atoms with Crippen molar-refractivity contribution >= 4 is 23.7 Å². The van der Waals surface area contributed by atoms with E-state index in [1.54, 1.807) is 22.0 Å².